The van der Waals surface area contributed by atoms with Crippen LogP contribution < -0.4 is 10.9 Å². The highest BCUT2D eigenvalue weighted by Crippen LogP contribution is 2.26. The monoisotopic (exact) mass is 478 g/mol. The number of benzene rings is 2. The number of pyridine rings is 1. The second kappa shape index (κ2) is 9.28. The number of aryl methyl sites for hydroxylation is 1. The molecule has 0 aliphatic carbocycles. The predicted molar refractivity (Wildman–Crippen MR) is 126 cm³/mol. The molecule has 2 aromatic carbocycles. The summed E-state index contributed by atoms with van der Waals surface area (Å²) < 4.78 is 1.22. The zero-order chi connectivity index (χ0) is 24.4. The molecule has 0 atom stereocenters. The number of amides is 2. The van der Waals surface area contributed by atoms with Crippen LogP contribution in [-0.4, -0.2) is 31.5 Å². The molecule has 172 valence electrons. The van der Waals surface area contributed by atoms with Crippen molar-refractivity contribution in [3.63, 3.8) is 0 Å². The number of carbonyl (C=O) groups excluding carboxylic acids is 2. The molecule has 10 nitrogen and oxygen atoms in total. The quantitative estimate of drug-likeness (QED) is 0.331. The van der Waals surface area contributed by atoms with E-state index in [4.69, 9.17) is 11.6 Å². The Hall–Kier alpha value is -4.31. The van der Waals surface area contributed by atoms with Crippen molar-refractivity contribution in [2.75, 3.05) is 0 Å². The van der Waals surface area contributed by atoms with Crippen LogP contribution in [-0.2, 0) is 11.3 Å². The van der Waals surface area contributed by atoms with Crippen LogP contribution in [0.1, 0.15) is 21.7 Å². The average Bonchev–Trinajstić information content (AvgIpc) is 3.09. The molecule has 34 heavy (non-hydrogen) atoms. The summed E-state index contributed by atoms with van der Waals surface area (Å²) in [7, 11) is 0. The first-order valence-electron chi connectivity index (χ1n) is 10.2. The minimum atomic E-state index is -0.592. The summed E-state index contributed by atoms with van der Waals surface area (Å²) in [6, 6.07) is 15.9. The van der Waals surface area contributed by atoms with Crippen LogP contribution in [0.3, 0.4) is 0 Å². The van der Waals surface area contributed by atoms with Gasteiger partial charge in [0.1, 0.15) is 17.9 Å². The molecule has 4 aromatic rings. The van der Waals surface area contributed by atoms with Crippen LogP contribution >= 0.6 is 11.6 Å². The maximum atomic E-state index is 13.0. The Labute approximate surface area is 198 Å². The van der Waals surface area contributed by atoms with Gasteiger partial charge < -0.3 is 0 Å². The fourth-order valence-corrected chi connectivity index (χ4v) is 3.73. The Morgan fingerprint density at radius 3 is 2.47 bits per heavy atom. The van der Waals surface area contributed by atoms with Crippen LogP contribution in [0.5, 0.6) is 0 Å². The minimum Gasteiger partial charge on any atom is -0.271 e. The molecule has 2 aromatic heterocycles. The van der Waals surface area contributed by atoms with Crippen molar-refractivity contribution in [1.82, 2.24) is 25.6 Å². The van der Waals surface area contributed by atoms with E-state index in [0.717, 1.165) is 5.56 Å². The van der Waals surface area contributed by atoms with Gasteiger partial charge in [0.05, 0.1) is 21.7 Å². The first-order valence-corrected chi connectivity index (χ1v) is 10.6. The van der Waals surface area contributed by atoms with Gasteiger partial charge in [0.2, 0.25) is 0 Å². The number of carbonyl (C=O) groups is 2. The molecule has 0 spiro atoms. The summed E-state index contributed by atoms with van der Waals surface area (Å²) in [4.78, 5) is 40.6. The van der Waals surface area contributed by atoms with Crippen molar-refractivity contribution < 1.29 is 14.5 Å². The van der Waals surface area contributed by atoms with Crippen LogP contribution in [0, 0.1) is 24.0 Å². The predicted octanol–water partition coefficient (Wildman–Crippen LogP) is 3.74. The topological polar surface area (TPSA) is 132 Å². The minimum absolute atomic E-state index is 0.144. The molecule has 0 aliphatic rings. The van der Waals surface area contributed by atoms with Crippen molar-refractivity contribution in [3.8, 4) is 11.3 Å². The number of nitrogens with one attached hydrogen (secondary N) is 2. The van der Waals surface area contributed by atoms with Crippen LogP contribution in [0.2, 0.25) is 5.02 Å². The molecular formula is C23H19ClN6O4. The number of rotatable bonds is 5. The third-order valence-electron chi connectivity index (χ3n) is 5.24. The van der Waals surface area contributed by atoms with Crippen molar-refractivity contribution in [2.24, 2.45) is 0 Å². The van der Waals surface area contributed by atoms with Crippen molar-refractivity contribution in [2.45, 2.75) is 20.4 Å². The Kier molecular flexibility index (Phi) is 6.24. The molecule has 2 heterocycles. The third-order valence-corrected chi connectivity index (χ3v) is 5.49. The van der Waals surface area contributed by atoms with Gasteiger partial charge in [-0.15, -0.1) is 0 Å². The van der Waals surface area contributed by atoms with Gasteiger partial charge in [-0.2, -0.15) is 5.10 Å². The molecule has 4 rings (SSSR count). The van der Waals surface area contributed by atoms with Crippen molar-refractivity contribution >= 4 is 40.0 Å². The normalized spacial score (nSPS) is 10.8. The lowest BCUT2D eigenvalue weighted by Gasteiger charge is -2.12. The molecule has 11 heteroatoms. The highest BCUT2D eigenvalue weighted by molar-refractivity contribution is 6.30. The van der Waals surface area contributed by atoms with Gasteiger partial charge in [-0.3, -0.25) is 35.2 Å². The molecule has 0 aliphatic heterocycles. The van der Waals surface area contributed by atoms with Gasteiger partial charge in [0.15, 0.2) is 0 Å². The number of aromatic nitrogens is 3. The molecule has 0 radical (unpaired) electrons. The Morgan fingerprint density at radius 1 is 1.09 bits per heavy atom. The Morgan fingerprint density at radius 2 is 1.79 bits per heavy atom. The Bertz CT molecular complexity index is 1430. The first kappa shape index (κ1) is 22.9. The van der Waals surface area contributed by atoms with Gasteiger partial charge in [-0.25, -0.2) is 4.98 Å². The Balaban J connectivity index is 1.55. The van der Waals surface area contributed by atoms with E-state index in [0.29, 0.717) is 27.2 Å². The molecule has 0 saturated heterocycles. The fourth-order valence-electron chi connectivity index (χ4n) is 3.61. The SMILES string of the molecule is Cc1nn(CC(=O)NNC(=O)c2cc(-c3ccc(Cl)cc3)nc3ccccc23)c(C)c1[N+](=O)[O-]. The van der Waals surface area contributed by atoms with E-state index in [9.17, 15) is 19.7 Å². The lowest BCUT2D eigenvalue weighted by molar-refractivity contribution is -0.386. The third kappa shape index (κ3) is 4.57. The van der Waals surface area contributed by atoms with E-state index in [-0.39, 0.29) is 23.6 Å². The summed E-state index contributed by atoms with van der Waals surface area (Å²) in [6.07, 6.45) is 0. The van der Waals surface area contributed by atoms with E-state index >= 15 is 0 Å². The maximum Gasteiger partial charge on any atom is 0.312 e. The smallest absolute Gasteiger partial charge is 0.271 e. The number of hydrogen-bond donors (Lipinski definition) is 2. The van der Waals surface area contributed by atoms with Crippen molar-refractivity contribution in [1.29, 1.82) is 0 Å². The summed E-state index contributed by atoms with van der Waals surface area (Å²) in [5.41, 5.74) is 7.33. The number of hydrazine groups is 1. The number of nitro groups is 1. The molecule has 0 unspecified atom stereocenters. The largest absolute Gasteiger partial charge is 0.312 e. The summed E-state index contributed by atoms with van der Waals surface area (Å²) in [5, 5.41) is 16.4. The number of para-hydroxylation sites is 1. The second-order valence-corrected chi connectivity index (χ2v) is 7.95. The molecule has 0 fully saturated rings. The zero-order valence-electron chi connectivity index (χ0n) is 18.2. The van der Waals surface area contributed by atoms with Crippen LogP contribution in [0.15, 0.2) is 54.6 Å². The molecule has 2 N–H and O–H groups in total. The summed E-state index contributed by atoms with van der Waals surface area (Å²) >= 11 is 5.98. The van der Waals surface area contributed by atoms with Gasteiger partial charge >= 0.3 is 5.69 Å². The lowest BCUT2D eigenvalue weighted by atomic mass is 10.0. The van der Waals surface area contributed by atoms with Gasteiger partial charge in [0.25, 0.3) is 11.8 Å². The summed E-state index contributed by atoms with van der Waals surface area (Å²) in [6.45, 7) is 2.70. The van der Waals surface area contributed by atoms with E-state index in [1.165, 1.54) is 18.5 Å². The molecular weight excluding hydrogens is 460 g/mol. The van der Waals surface area contributed by atoms with E-state index < -0.39 is 16.7 Å². The number of nitrogens with zero attached hydrogens (tertiary/aromatic N) is 4. The maximum absolute atomic E-state index is 13.0. The standard InChI is InChI=1S/C23H19ClN6O4/c1-13-22(30(33)34)14(2)29(28-13)12-21(31)26-27-23(32)18-11-20(15-7-9-16(24)10-8-15)25-19-6-4-3-5-17(18)19/h3-11H,12H2,1-2H3,(H,26,31)(H,27,32). The first-order chi connectivity index (χ1) is 16.2. The average molecular weight is 479 g/mol. The molecule has 0 bridgehead atoms. The number of halogens is 1. The van der Waals surface area contributed by atoms with E-state index in [1.807, 2.05) is 6.07 Å². The highest BCUT2D eigenvalue weighted by atomic mass is 35.5. The highest BCUT2D eigenvalue weighted by Gasteiger charge is 2.23. The zero-order valence-corrected chi connectivity index (χ0v) is 19.0. The molecule has 0 saturated carbocycles. The summed E-state index contributed by atoms with van der Waals surface area (Å²) in [5.74, 6) is -1.13. The van der Waals surface area contributed by atoms with E-state index in [1.54, 1.807) is 48.5 Å². The van der Waals surface area contributed by atoms with Gasteiger partial charge in [-0.1, -0.05) is 41.9 Å². The van der Waals surface area contributed by atoms with Crippen LogP contribution in [0.25, 0.3) is 22.2 Å². The second-order valence-electron chi connectivity index (χ2n) is 7.52. The van der Waals surface area contributed by atoms with Gasteiger partial charge in [-0.05, 0) is 38.1 Å². The van der Waals surface area contributed by atoms with Gasteiger partial charge in [0, 0.05) is 16.0 Å². The van der Waals surface area contributed by atoms with Crippen molar-refractivity contribution in [3.05, 3.63) is 86.7 Å². The van der Waals surface area contributed by atoms with E-state index in [2.05, 4.69) is 20.9 Å². The number of fused-ring (bicyclic) bond motifs is 1. The fraction of sp³-hybridized carbons (Fsp3) is 0.130. The van der Waals surface area contributed by atoms with Crippen LogP contribution in [0.4, 0.5) is 5.69 Å². The number of hydrogen-bond acceptors (Lipinski definition) is 6. The molecule has 2 amide bonds. The lowest BCUT2D eigenvalue weighted by Crippen LogP contribution is -2.43.